The van der Waals surface area contributed by atoms with E-state index >= 15 is 0 Å². The first-order valence-electron chi connectivity index (χ1n) is 7.42. The molecule has 0 heterocycles. The largest absolute Gasteiger partial charge is 0.489 e. The van der Waals surface area contributed by atoms with Gasteiger partial charge in [0.2, 0.25) is 0 Å². The highest BCUT2D eigenvalue weighted by Gasteiger charge is 2.04. The van der Waals surface area contributed by atoms with Crippen LogP contribution in [0.5, 0.6) is 5.75 Å². The lowest BCUT2D eigenvalue weighted by Crippen LogP contribution is -2.05. The van der Waals surface area contributed by atoms with Crippen LogP contribution in [0, 0.1) is 5.82 Å². The highest BCUT2D eigenvalue weighted by atomic mass is 19.1. The van der Waals surface area contributed by atoms with Crippen molar-refractivity contribution in [3.8, 4) is 5.75 Å². The van der Waals surface area contributed by atoms with Gasteiger partial charge in [0.05, 0.1) is 0 Å². The Balaban J connectivity index is 1.96. The van der Waals surface area contributed by atoms with Crippen LogP contribution < -0.4 is 10.5 Å². The fraction of sp³-hybridized carbons (Fsp3) is 0.333. The van der Waals surface area contributed by atoms with E-state index in [-0.39, 0.29) is 5.82 Å². The summed E-state index contributed by atoms with van der Waals surface area (Å²) in [4.78, 5) is 0. The molecule has 0 bridgehead atoms. The molecule has 0 saturated carbocycles. The van der Waals surface area contributed by atoms with Crippen molar-refractivity contribution in [2.24, 2.45) is 5.73 Å². The summed E-state index contributed by atoms with van der Waals surface area (Å²) >= 11 is 0. The Hall–Kier alpha value is -1.87. The van der Waals surface area contributed by atoms with Crippen molar-refractivity contribution in [1.29, 1.82) is 0 Å². The minimum absolute atomic E-state index is 0.264. The fourth-order valence-corrected chi connectivity index (χ4v) is 2.22. The predicted octanol–water partition coefficient (Wildman–Crippen LogP) is 4.21. The van der Waals surface area contributed by atoms with Crippen LogP contribution in [0.3, 0.4) is 0 Å². The van der Waals surface area contributed by atoms with Crippen LogP contribution in [-0.2, 0) is 19.6 Å². The van der Waals surface area contributed by atoms with E-state index in [4.69, 9.17) is 10.5 Å². The van der Waals surface area contributed by atoms with Gasteiger partial charge < -0.3 is 10.5 Å². The molecule has 0 aliphatic carbocycles. The number of aryl methyl sites for hydroxylation is 1. The van der Waals surface area contributed by atoms with Crippen LogP contribution in [0.2, 0.25) is 0 Å². The summed E-state index contributed by atoms with van der Waals surface area (Å²) in [5, 5.41) is 0. The Kier molecular flexibility index (Phi) is 5.76. The molecular formula is C18H22FNO. The van der Waals surface area contributed by atoms with E-state index < -0.39 is 0 Å². The van der Waals surface area contributed by atoms with Crippen LogP contribution in [0.25, 0.3) is 0 Å². The molecule has 0 fully saturated rings. The minimum atomic E-state index is -0.264. The molecule has 0 aromatic heterocycles. The third kappa shape index (κ3) is 4.57. The number of unbranched alkanes of at least 4 members (excludes halogenated alkanes) is 1. The number of rotatable bonds is 7. The summed E-state index contributed by atoms with van der Waals surface area (Å²) in [5.74, 6) is 0.557. The molecule has 2 N–H and O–H groups in total. The smallest absolute Gasteiger partial charge is 0.123 e. The van der Waals surface area contributed by atoms with Crippen LogP contribution in [-0.4, -0.2) is 0 Å². The molecule has 3 heteroatoms. The topological polar surface area (TPSA) is 35.2 Å². The summed E-state index contributed by atoms with van der Waals surface area (Å²) in [6.45, 7) is 2.91. The summed E-state index contributed by atoms with van der Waals surface area (Å²) in [6, 6.07) is 12.8. The molecule has 0 unspecified atom stereocenters. The first-order chi connectivity index (χ1) is 10.2. The van der Waals surface area contributed by atoms with E-state index in [1.54, 1.807) is 6.07 Å². The second kappa shape index (κ2) is 7.79. The fourth-order valence-electron chi connectivity index (χ4n) is 2.22. The monoisotopic (exact) mass is 287 g/mol. The minimum Gasteiger partial charge on any atom is -0.489 e. The second-order valence-corrected chi connectivity index (χ2v) is 5.15. The molecule has 0 amide bonds. The van der Waals surface area contributed by atoms with Gasteiger partial charge in [-0.05, 0) is 53.8 Å². The summed E-state index contributed by atoms with van der Waals surface area (Å²) in [7, 11) is 0. The Morgan fingerprint density at radius 1 is 1.05 bits per heavy atom. The van der Waals surface area contributed by atoms with E-state index in [0.717, 1.165) is 23.3 Å². The molecule has 0 spiro atoms. The molecule has 0 aliphatic rings. The van der Waals surface area contributed by atoms with Crippen molar-refractivity contribution in [2.45, 2.75) is 39.3 Å². The van der Waals surface area contributed by atoms with Gasteiger partial charge in [-0.3, -0.25) is 0 Å². The van der Waals surface area contributed by atoms with Gasteiger partial charge in [-0.25, -0.2) is 4.39 Å². The third-order valence-electron chi connectivity index (χ3n) is 3.52. The van der Waals surface area contributed by atoms with Crippen molar-refractivity contribution < 1.29 is 9.13 Å². The van der Waals surface area contributed by atoms with E-state index in [9.17, 15) is 4.39 Å². The van der Waals surface area contributed by atoms with E-state index in [0.29, 0.717) is 13.2 Å². The van der Waals surface area contributed by atoms with Gasteiger partial charge in [-0.2, -0.15) is 0 Å². The molecule has 0 atom stereocenters. The summed E-state index contributed by atoms with van der Waals surface area (Å²) in [5.41, 5.74) is 8.67. The zero-order chi connectivity index (χ0) is 15.1. The lowest BCUT2D eigenvalue weighted by Gasteiger charge is -2.10. The zero-order valence-electron chi connectivity index (χ0n) is 12.4. The Morgan fingerprint density at radius 3 is 2.48 bits per heavy atom. The molecule has 2 aromatic rings. The van der Waals surface area contributed by atoms with Gasteiger partial charge in [-0.15, -0.1) is 0 Å². The number of benzene rings is 2. The van der Waals surface area contributed by atoms with E-state index in [1.165, 1.54) is 30.5 Å². The lowest BCUT2D eigenvalue weighted by atomic mass is 10.1. The number of halogens is 1. The lowest BCUT2D eigenvalue weighted by molar-refractivity contribution is 0.304. The predicted molar refractivity (Wildman–Crippen MR) is 83.7 cm³/mol. The third-order valence-corrected chi connectivity index (χ3v) is 3.52. The maximum Gasteiger partial charge on any atom is 0.123 e. The van der Waals surface area contributed by atoms with Gasteiger partial charge >= 0.3 is 0 Å². The average Bonchev–Trinajstić information content (AvgIpc) is 2.52. The average molecular weight is 287 g/mol. The molecule has 2 nitrogen and oxygen atoms in total. The van der Waals surface area contributed by atoms with Crippen LogP contribution in [0.4, 0.5) is 4.39 Å². The van der Waals surface area contributed by atoms with Crippen molar-refractivity contribution in [3.63, 3.8) is 0 Å². The maximum absolute atomic E-state index is 13.1. The zero-order valence-corrected chi connectivity index (χ0v) is 12.4. The molecule has 112 valence electrons. The summed E-state index contributed by atoms with van der Waals surface area (Å²) < 4.78 is 18.9. The second-order valence-electron chi connectivity index (χ2n) is 5.15. The molecule has 21 heavy (non-hydrogen) atoms. The molecule has 2 rings (SSSR count). The molecule has 0 aliphatic heterocycles. The highest BCUT2D eigenvalue weighted by molar-refractivity contribution is 5.30. The van der Waals surface area contributed by atoms with Crippen molar-refractivity contribution >= 4 is 0 Å². The number of hydrogen-bond donors (Lipinski definition) is 1. The van der Waals surface area contributed by atoms with Crippen molar-refractivity contribution in [1.82, 2.24) is 0 Å². The van der Waals surface area contributed by atoms with Crippen molar-refractivity contribution in [3.05, 3.63) is 65.0 Å². The van der Waals surface area contributed by atoms with Gasteiger partial charge in [0, 0.05) is 6.54 Å². The van der Waals surface area contributed by atoms with Crippen molar-refractivity contribution in [2.75, 3.05) is 0 Å². The summed E-state index contributed by atoms with van der Waals surface area (Å²) in [6.07, 6.45) is 3.51. The Bertz CT molecular complexity index is 566. The quantitative estimate of drug-likeness (QED) is 0.828. The molecular weight excluding hydrogens is 265 g/mol. The van der Waals surface area contributed by atoms with Gasteiger partial charge in [0.25, 0.3) is 0 Å². The number of ether oxygens (including phenoxy) is 1. The van der Waals surface area contributed by atoms with Crippen LogP contribution in [0.1, 0.15) is 36.5 Å². The standard InChI is InChI=1S/C18H22FNO/c1-2-3-4-14-5-9-18(10-6-14)21-13-15-7-8-17(19)11-16(15)12-20/h5-11H,2-4,12-13,20H2,1H3. The highest BCUT2D eigenvalue weighted by Crippen LogP contribution is 2.17. The van der Waals surface area contributed by atoms with Gasteiger partial charge in [0.15, 0.2) is 0 Å². The van der Waals surface area contributed by atoms with E-state index in [2.05, 4.69) is 19.1 Å². The first kappa shape index (κ1) is 15.5. The first-order valence-corrected chi connectivity index (χ1v) is 7.42. The number of hydrogen-bond acceptors (Lipinski definition) is 2. The Morgan fingerprint density at radius 2 is 1.81 bits per heavy atom. The normalized spacial score (nSPS) is 10.6. The van der Waals surface area contributed by atoms with Gasteiger partial charge in [0.1, 0.15) is 18.2 Å². The maximum atomic E-state index is 13.1. The van der Waals surface area contributed by atoms with Crippen LogP contribution in [0.15, 0.2) is 42.5 Å². The number of nitrogens with two attached hydrogens (primary N) is 1. The Labute approximate surface area is 125 Å². The van der Waals surface area contributed by atoms with Gasteiger partial charge in [-0.1, -0.05) is 31.5 Å². The molecule has 2 aromatic carbocycles. The van der Waals surface area contributed by atoms with Crippen LogP contribution >= 0.6 is 0 Å². The molecule has 0 saturated heterocycles. The molecule has 0 radical (unpaired) electrons. The SMILES string of the molecule is CCCCc1ccc(OCc2ccc(F)cc2CN)cc1. The van der Waals surface area contributed by atoms with E-state index in [1.807, 2.05) is 12.1 Å².